The van der Waals surface area contributed by atoms with Crippen molar-refractivity contribution in [3.63, 3.8) is 0 Å². The first kappa shape index (κ1) is 19.8. The molecule has 3 rings (SSSR count). The van der Waals surface area contributed by atoms with Crippen LogP contribution >= 0.6 is 23.2 Å². The standard InChI is InChI=1S/C20H23Cl2N3O2/c1-13(24-14(2)26)3-4-16-9-23-25(10-16)11-17-7-18(21)20(19(22)8-17)27-12-15-5-6-15/h3-4,7-10,13,15H,5-6,11-12H2,1-2H3,(H,24,26)/t13-/m0/s1. The van der Waals surface area contributed by atoms with E-state index in [0.29, 0.717) is 34.9 Å². The summed E-state index contributed by atoms with van der Waals surface area (Å²) < 4.78 is 7.57. The van der Waals surface area contributed by atoms with Crippen LogP contribution in [0.5, 0.6) is 5.75 Å². The third kappa shape index (κ3) is 6.01. The Labute approximate surface area is 169 Å². The first-order valence-corrected chi connectivity index (χ1v) is 9.75. The number of rotatable bonds is 8. The van der Waals surface area contributed by atoms with E-state index >= 15 is 0 Å². The van der Waals surface area contributed by atoms with Crippen LogP contribution in [0, 0.1) is 5.92 Å². The van der Waals surface area contributed by atoms with Crippen molar-refractivity contribution in [2.24, 2.45) is 5.92 Å². The van der Waals surface area contributed by atoms with Gasteiger partial charge in [-0.05, 0) is 43.4 Å². The zero-order valence-electron chi connectivity index (χ0n) is 15.4. The van der Waals surface area contributed by atoms with Gasteiger partial charge in [0.05, 0.1) is 29.4 Å². The molecule has 0 bridgehead atoms. The van der Waals surface area contributed by atoms with E-state index in [1.807, 2.05) is 42.1 Å². The van der Waals surface area contributed by atoms with Crippen LogP contribution in [0.4, 0.5) is 0 Å². The van der Waals surface area contributed by atoms with Crippen LogP contribution in [-0.2, 0) is 11.3 Å². The van der Waals surface area contributed by atoms with Gasteiger partial charge in [-0.25, -0.2) is 0 Å². The fourth-order valence-electron chi connectivity index (χ4n) is 2.69. The predicted octanol–water partition coefficient (Wildman–Crippen LogP) is 4.56. The van der Waals surface area contributed by atoms with E-state index in [1.54, 1.807) is 6.20 Å². The number of hydrogen-bond donors (Lipinski definition) is 1. The number of carbonyl (C=O) groups excluding carboxylic acids is 1. The number of hydrogen-bond acceptors (Lipinski definition) is 3. The molecule has 0 saturated heterocycles. The quantitative estimate of drug-likeness (QED) is 0.697. The second kappa shape index (κ2) is 8.81. The smallest absolute Gasteiger partial charge is 0.217 e. The lowest BCUT2D eigenvalue weighted by Gasteiger charge is -2.11. The monoisotopic (exact) mass is 407 g/mol. The molecule has 0 unspecified atom stereocenters. The summed E-state index contributed by atoms with van der Waals surface area (Å²) in [6, 6.07) is 3.70. The van der Waals surface area contributed by atoms with Gasteiger partial charge in [0.25, 0.3) is 0 Å². The van der Waals surface area contributed by atoms with E-state index in [0.717, 1.165) is 11.1 Å². The summed E-state index contributed by atoms with van der Waals surface area (Å²) in [6.07, 6.45) is 9.98. The van der Waals surface area contributed by atoms with Crippen molar-refractivity contribution in [2.45, 2.75) is 39.3 Å². The van der Waals surface area contributed by atoms with Crippen molar-refractivity contribution < 1.29 is 9.53 Å². The van der Waals surface area contributed by atoms with Gasteiger partial charge in [-0.3, -0.25) is 9.48 Å². The number of ether oxygens (including phenoxy) is 1. The van der Waals surface area contributed by atoms with E-state index in [2.05, 4.69) is 10.4 Å². The minimum Gasteiger partial charge on any atom is -0.490 e. The van der Waals surface area contributed by atoms with Gasteiger partial charge in [0.2, 0.25) is 5.91 Å². The van der Waals surface area contributed by atoms with E-state index in [4.69, 9.17) is 27.9 Å². The van der Waals surface area contributed by atoms with Crippen molar-refractivity contribution >= 4 is 35.2 Å². The molecule has 1 N–H and O–H groups in total. The van der Waals surface area contributed by atoms with Crippen LogP contribution in [0.3, 0.4) is 0 Å². The second-order valence-electron chi connectivity index (χ2n) is 6.96. The molecule has 144 valence electrons. The number of nitrogens with zero attached hydrogens (tertiary/aromatic N) is 2. The van der Waals surface area contributed by atoms with Crippen molar-refractivity contribution in [3.8, 4) is 5.75 Å². The molecule has 2 aromatic rings. The van der Waals surface area contributed by atoms with Crippen molar-refractivity contribution in [1.82, 2.24) is 15.1 Å². The van der Waals surface area contributed by atoms with E-state index in [1.165, 1.54) is 19.8 Å². The Kier molecular flexibility index (Phi) is 6.45. The Balaban J connectivity index is 1.62. The molecule has 1 aromatic carbocycles. The Morgan fingerprint density at radius 2 is 2.11 bits per heavy atom. The van der Waals surface area contributed by atoms with Gasteiger partial charge in [-0.2, -0.15) is 5.10 Å². The van der Waals surface area contributed by atoms with Crippen LogP contribution in [0.1, 0.15) is 37.8 Å². The van der Waals surface area contributed by atoms with Crippen LogP contribution < -0.4 is 10.1 Å². The molecule has 5 nitrogen and oxygen atoms in total. The third-order valence-corrected chi connectivity index (χ3v) is 4.79. The summed E-state index contributed by atoms with van der Waals surface area (Å²) in [5.41, 5.74) is 1.91. The van der Waals surface area contributed by atoms with Gasteiger partial charge in [-0.1, -0.05) is 35.4 Å². The van der Waals surface area contributed by atoms with E-state index < -0.39 is 0 Å². The maximum Gasteiger partial charge on any atom is 0.217 e. The minimum absolute atomic E-state index is 0.0355. The molecule has 1 heterocycles. The molecule has 0 aliphatic heterocycles. The van der Waals surface area contributed by atoms with Gasteiger partial charge in [-0.15, -0.1) is 0 Å². The molecule has 1 amide bonds. The van der Waals surface area contributed by atoms with Crippen LogP contribution in [-0.4, -0.2) is 28.3 Å². The topological polar surface area (TPSA) is 56.2 Å². The Morgan fingerprint density at radius 1 is 1.41 bits per heavy atom. The molecular weight excluding hydrogens is 385 g/mol. The molecule has 1 fully saturated rings. The summed E-state index contributed by atoms with van der Waals surface area (Å²) in [5, 5.41) is 8.21. The third-order valence-electron chi connectivity index (χ3n) is 4.22. The van der Waals surface area contributed by atoms with Gasteiger partial charge in [0.15, 0.2) is 5.75 Å². The Morgan fingerprint density at radius 3 is 2.74 bits per heavy atom. The van der Waals surface area contributed by atoms with Crippen molar-refractivity contribution in [1.29, 1.82) is 0 Å². The lowest BCUT2D eigenvalue weighted by Crippen LogP contribution is -2.28. The summed E-state index contributed by atoms with van der Waals surface area (Å²) in [4.78, 5) is 11.0. The van der Waals surface area contributed by atoms with Gasteiger partial charge in [0, 0.05) is 24.7 Å². The molecule has 0 spiro atoms. The first-order chi connectivity index (χ1) is 12.9. The summed E-state index contributed by atoms with van der Waals surface area (Å²) in [7, 11) is 0. The number of aromatic nitrogens is 2. The zero-order chi connectivity index (χ0) is 19.4. The lowest BCUT2D eigenvalue weighted by atomic mass is 10.2. The SMILES string of the molecule is CC(=O)N[C@@H](C)C=Cc1cnn(Cc2cc(Cl)c(OCC3CC3)c(Cl)c2)c1. The maximum absolute atomic E-state index is 11.0. The first-order valence-electron chi connectivity index (χ1n) is 8.99. The molecule has 1 aliphatic rings. The molecule has 1 aliphatic carbocycles. The summed E-state index contributed by atoms with van der Waals surface area (Å²) in [6.45, 7) is 4.64. The van der Waals surface area contributed by atoms with E-state index in [9.17, 15) is 4.79 Å². The highest BCUT2D eigenvalue weighted by atomic mass is 35.5. The Hall–Kier alpha value is -1.98. The normalized spacial score (nSPS) is 15.1. The largest absolute Gasteiger partial charge is 0.490 e. The summed E-state index contributed by atoms with van der Waals surface area (Å²) in [5.74, 6) is 1.15. The number of halogens is 2. The second-order valence-corrected chi connectivity index (χ2v) is 7.78. The maximum atomic E-state index is 11.0. The Bertz CT molecular complexity index is 820. The minimum atomic E-state index is -0.0545. The van der Waals surface area contributed by atoms with Gasteiger partial charge >= 0.3 is 0 Å². The van der Waals surface area contributed by atoms with E-state index in [-0.39, 0.29) is 11.9 Å². The van der Waals surface area contributed by atoms with Crippen LogP contribution in [0.2, 0.25) is 10.0 Å². The fraction of sp³-hybridized carbons (Fsp3) is 0.400. The van der Waals surface area contributed by atoms with Crippen LogP contribution in [0.25, 0.3) is 6.08 Å². The molecule has 0 radical (unpaired) electrons. The van der Waals surface area contributed by atoms with Gasteiger partial charge < -0.3 is 10.1 Å². The van der Waals surface area contributed by atoms with Crippen LogP contribution in [0.15, 0.2) is 30.6 Å². The zero-order valence-corrected chi connectivity index (χ0v) is 16.9. The number of benzene rings is 1. The fourth-order valence-corrected chi connectivity index (χ4v) is 3.33. The number of carbonyl (C=O) groups is 1. The molecular formula is C20H23Cl2N3O2. The number of amides is 1. The molecule has 27 heavy (non-hydrogen) atoms. The average Bonchev–Trinajstić information content (AvgIpc) is 3.30. The van der Waals surface area contributed by atoms with Gasteiger partial charge in [0.1, 0.15) is 0 Å². The lowest BCUT2D eigenvalue weighted by molar-refractivity contribution is -0.119. The highest BCUT2D eigenvalue weighted by molar-refractivity contribution is 6.37. The highest BCUT2D eigenvalue weighted by Gasteiger charge is 2.23. The summed E-state index contributed by atoms with van der Waals surface area (Å²) >= 11 is 12.7. The average molecular weight is 408 g/mol. The highest BCUT2D eigenvalue weighted by Crippen LogP contribution is 2.37. The molecule has 7 heteroatoms. The predicted molar refractivity (Wildman–Crippen MR) is 108 cm³/mol. The van der Waals surface area contributed by atoms with Crippen molar-refractivity contribution in [3.05, 3.63) is 51.8 Å². The molecule has 1 saturated carbocycles. The van der Waals surface area contributed by atoms with Crippen molar-refractivity contribution in [2.75, 3.05) is 6.61 Å². The molecule has 1 aromatic heterocycles. The molecule has 1 atom stereocenters. The number of nitrogens with one attached hydrogen (secondary N) is 1.